The molecule has 2 aliphatic rings. The summed E-state index contributed by atoms with van der Waals surface area (Å²) in [6.45, 7) is 0.731. The van der Waals surface area contributed by atoms with Gasteiger partial charge in [0.25, 0.3) is 0 Å². The van der Waals surface area contributed by atoms with Crippen molar-refractivity contribution < 1.29 is 4.74 Å². The standard InChI is InChI=1S/C13H8N2O/c14-7-3-1-2-5-10-12(9-15)11-6-4-8-16-13(10)11/h11,13H,4,6,8H2/t11-,13+/m1/s1. The lowest BCUT2D eigenvalue weighted by atomic mass is 9.72. The smallest absolute Gasteiger partial charge is 0.153 e. The van der Waals surface area contributed by atoms with Crippen LogP contribution in [0.5, 0.6) is 0 Å². The van der Waals surface area contributed by atoms with Crippen molar-refractivity contribution in [2.75, 3.05) is 6.61 Å². The van der Waals surface area contributed by atoms with Gasteiger partial charge in [0, 0.05) is 35.5 Å². The number of fused-ring (bicyclic) bond motifs is 1. The van der Waals surface area contributed by atoms with Crippen LogP contribution in [-0.2, 0) is 4.74 Å². The van der Waals surface area contributed by atoms with Gasteiger partial charge >= 0.3 is 0 Å². The minimum Gasteiger partial charge on any atom is -0.372 e. The highest BCUT2D eigenvalue weighted by Gasteiger charge is 2.42. The van der Waals surface area contributed by atoms with Crippen LogP contribution >= 0.6 is 0 Å². The van der Waals surface area contributed by atoms with Crippen LogP contribution in [0.25, 0.3) is 0 Å². The van der Waals surface area contributed by atoms with Crippen molar-refractivity contribution in [3.63, 3.8) is 0 Å². The average Bonchev–Trinajstić information content (AvgIpc) is 2.30. The molecule has 76 valence electrons. The van der Waals surface area contributed by atoms with Crippen molar-refractivity contribution in [2.24, 2.45) is 5.92 Å². The molecule has 1 fully saturated rings. The molecule has 0 aromatic heterocycles. The van der Waals surface area contributed by atoms with Crippen molar-refractivity contribution in [3.05, 3.63) is 11.1 Å². The van der Waals surface area contributed by atoms with E-state index in [0.29, 0.717) is 0 Å². The minimum atomic E-state index is -0.0141. The first-order chi connectivity index (χ1) is 7.88. The van der Waals surface area contributed by atoms with Crippen LogP contribution in [0.3, 0.4) is 0 Å². The Balaban J connectivity index is 2.22. The first-order valence-corrected chi connectivity index (χ1v) is 5.04. The summed E-state index contributed by atoms with van der Waals surface area (Å²) in [5.41, 5.74) is 1.48. The molecular formula is C13H8N2O. The maximum Gasteiger partial charge on any atom is 0.153 e. The average molecular weight is 208 g/mol. The Bertz CT molecular complexity index is 537. The molecule has 0 N–H and O–H groups in total. The number of hydrogen-bond donors (Lipinski definition) is 0. The maximum atomic E-state index is 8.98. The van der Waals surface area contributed by atoms with Gasteiger partial charge in [-0.1, -0.05) is 5.92 Å². The molecule has 3 heteroatoms. The highest BCUT2D eigenvalue weighted by atomic mass is 16.5. The summed E-state index contributed by atoms with van der Waals surface area (Å²) >= 11 is 0. The van der Waals surface area contributed by atoms with Gasteiger partial charge in [-0.2, -0.15) is 10.5 Å². The van der Waals surface area contributed by atoms with Gasteiger partial charge in [0.2, 0.25) is 0 Å². The van der Waals surface area contributed by atoms with E-state index in [9.17, 15) is 0 Å². The van der Waals surface area contributed by atoms with E-state index in [1.54, 1.807) is 6.07 Å². The lowest BCUT2D eigenvalue weighted by molar-refractivity contribution is -0.00532. The Morgan fingerprint density at radius 1 is 1.12 bits per heavy atom. The number of nitriles is 2. The van der Waals surface area contributed by atoms with E-state index in [1.807, 2.05) is 0 Å². The van der Waals surface area contributed by atoms with Gasteiger partial charge in [0.1, 0.15) is 0 Å². The fraction of sp³-hybridized carbons (Fsp3) is 0.385. The summed E-state index contributed by atoms with van der Waals surface area (Å²) in [4.78, 5) is 0. The SMILES string of the molecule is N#CC#CC#CC1=C(C#N)[C@H]2CCCO[C@@H]12. The van der Waals surface area contributed by atoms with E-state index >= 15 is 0 Å². The molecule has 3 nitrogen and oxygen atoms in total. The fourth-order valence-electron chi connectivity index (χ4n) is 2.06. The molecule has 0 unspecified atom stereocenters. The van der Waals surface area contributed by atoms with Gasteiger partial charge in [0.15, 0.2) is 6.07 Å². The topological polar surface area (TPSA) is 56.8 Å². The Labute approximate surface area is 94.3 Å². The van der Waals surface area contributed by atoms with E-state index in [1.165, 1.54) is 0 Å². The van der Waals surface area contributed by atoms with Crippen LogP contribution in [0.4, 0.5) is 0 Å². The second-order valence-electron chi connectivity index (χ2n) is 3.59. The molecule has 0 radical (unpaired) electrons. The molecule has 2 rings (SSSR count). The first-order valence-electron chi connectivity index (χ1n) is 5.04. The molecule has 2 atom stereocenters. The van der Waals surface area contributed by atoms with Gasteiger partial charge in [0.05, 0.1) is 12.2 Å². The molecule has 0 saturated carbocycles. The summed E-state index contributed by atoms with van der Waals surface area (Å²) in [5.74, 6) is 10.2. The molecule has 0 aromatic carbocycles. The van der Waals surface area contributed by atoms with Crippen LogP contribution in [0.15, 0.2) is 11.1 Å². The third-order valence-electron chi connectivity index (χ3n) is 2.77. The van der Waals surface area contributed by atoms with E-state index in [2.05, 4.69) is 29.8 Å². The second-order valence-corrected chi connectivity index (χ2v) is 3.59. The largest absolute Gasteiger partial charge is 0.372 e. The zero-order valence-corrected chi connectivity index (χ0v) is 8.58. The summed E-state index contributed by atoms with van der Waals surface area (Å²) in [7, 11) is 0. The van der Waals surface area contributed by atoms with E-state index in [-0.39, 0.29) is 12.0 Å². The third kappa shape index (κ3) is 1.66. The number of hydrogen-bond acceptors (Lipinski definition) is 3. The molecule has 1 aliphatic carbocycles. The molecule has 0 spiro atoms. The van der Waals surface area contributed by atoms with Crippen LogP contribution < -0.4 is 0 Å². The minimum absolute atomic E-state index is 0.0141. The van der Waals surface area contributed by atoms with Gasteiger partial charge in [-0.15, -0.1) is 0 Å². The van der Waals surface area contributed by atoms with E-state index in [0.717, 1.165) is 30.6 Å². The summed E-state index contributed by atoms with van der Waals surface area (Å²) in [6.07, 6.45) is 1.99. The van der Waals surface area contributed by atoms with Crippen molar-refractivity contribution in [3.8, 4) is 35.8 Å². The van der Waals surface area contributed by atoms with Crippen LogP contribution in [0, 0.1) is 52.3 Å². The highest BCUT2D eigenvalue weighted by molar-refractivity contribution is 5.55. The fourth-order valence-corrected chi connectivity index (χ4v) is 2.06. The zero-order valence-electron chi connectivity index (χ0n) is 8.58. The van der Waals surface area contributed by atoms with E-state index < -0.39 is 0 Å². The normalized spacial score (nSPS) is 25.6. The lowest BCUT2D eigenvalue weighted by Gasteiger charge is -2.39. The van der Waals surface area contributed by atoms with Crippen LogP contribution in [0.1, 0.15) is 12.8 Å². The van der Waals surface area contributed by atoms with Crippen LogP contribution in [0.2, 0.25) is 0 Å². The maximum absolute atomic E-state index is 8.98. The van der Waals surface area contributed by atoms with Crippen molar-refractivity contribution in [1.29, 1.82) is 10.5 Å². The molecule has 1 saturated heterocycles. The second kappa shape index (κ2) is 4.55. The monoisotopic (exact) mass is 208 g/mol. The van der Waals surface area contributed by atoms with Gasteiger partial charge in [-0.25, -0.2) is 0 Å². The predicted octanol–water partition coefficient (Wildman–Crippen LogP) is 1.15. The highest BCUT2D eigenvalue weighted by Crippen LogP contribution is 2.42. The molecular weight excluding hydrogens is 200 g/mol. The Morgan fingerprint density at radius 3 is 2.75 bits per heavy atom. The lowest BCUT2D eigenvalue weighted by Crippen LogP contribution is -2.41. The van der Waals surface area contributed by atoms with Crippen molar-refractivity contribution in [2.45, 2.75) is 18.9 Å². The zero-order chi connectivity index (χ0) is 11.4. The van der Waals surface area contributed by atoms with E-state index in [4.69, 9.17) is 15.3 Å². The first kappa shape index (κ1) is 10.3. The molecule has 1 heterocycles. The number of rotatable bonds is 0. The summed E-state index contributed by atoms with van der Waals surface area (Å²) < 4.78 is 5.55. The van der Waals surface area contributed by atoms with Crippen molar-refractivity contribution >= 4 is 0 Å². The van der Waals surface area contributed by atoms with Crippen LogP contribution in [-0.4, -0.2) is 12.7 Å². The quantitative estimate of drug-likeness (QED) is 0.561. The predicted molar refractivity (Wildman–Crippen MR) is 56.3 cm³/mol. The number of nitrogens with zero attached hydrogens (tertiary/aromatic N) is 2. The molecule has 16 heavy (non-hydrogen) atoms. The molecule has 0 aromatic rings. The molecule has 1 aliphatic heterocycles. The number of ether oxygens (including phenoxy) is 1. The van der Waals surface area contributed by atoms with Gasteiger partial charge in [-0.3, -0.25) is 0 Å². The Hall–Kier alpha value is -2.20. The molecule has 0 bridgehead atoms. The van der Waals surface area contributed by atoms with Gasteiger partial charge in [-0.05, 0) is 18.8 Å². The Kier molecular flexibility index (Phi) is 2.93. The summed E-state index contributed by atoms with van der Waals surface area (Å²) in [6, 6.07) is 3.86. The summed E-state index contributed by atoms with van der Waals surface area (Å²) in [5, 5.41) is 17.2. The Morgan fingerprint density at radius 2 is 2.00 bits per heavy atom. The van der Waals surface area contributed by atoms with Crippen molar-refractivity contribution in [1.82, 2.24) is 0 Å². The third-order valence-corrected chi connectivity index (χ3v) is 2.77. The van der Waals surface area contributed by atoms with Gasteiger partial charge < -0.3 is 4.74 Å². The molecule has 0 amide bonds.